The summed E-state index contributed by atoms with van der Waals surface area (Å²) in [5, 5.41) is 12.6. The first-order valence-corrected chi connectivity index (χ1v) is 10.6. The first-order chi connectivity index (χ1) is 12.9. The third-order valence-corrected chi connectivity index (χ3v) is 4.53. The summed E-state index contributed by atoms with van der Waals surface area (Å²) in [7, 11) is -3.48. The molecule has 0 heterocycles. The Morgan fingerprint density at radius 3 is 2.29 bits per heavy atom. The van der Waals surface area contributed by atoms with E-state index in [0.29, 0.717) is 11.3 Å². The van der Waals surface area contributed by atoms with Gasteiger partial charge in [-0.05, 0) is 40.8 Å². The number of hydrogen-bond acceptors (Lipinski definition) is 5. The molecule has 0 saturated carbocycles. The van der Waals surface area contributed by atoms with Crippen LogP contribution in [0.1, 0.15) is 31.9 Å². The lowest BCUT2D eigenvalue weighted by atomic mass is 9.87. The van der Waals surface area contributed by atoms with Crippen molar-refractivity contribution in [1.29, 1.82) is 0 Å². The van der Waals surface area contributed by atoms with Crippen LogP contribution in [-0.2, 0) is 26.8 Å². The van der Waals surface area contributed by atoms with E-state index in [2.05, 4.69) is 30.8 Å². The van der Waals surface area contributed by atoms with Gasteiger partial charge in [0.15, 0.2) is 6.61 Å². The Morgan fingerprint density at radius 2 is 1.75 bits per heavy atom. The fourth-order valence-electron chi connectivity index (χ4n) is 2.42. The number of ether oxygens (including phenoxy) is 1. The van der Waals surface area contributed by atoms with Gasteiger partial charge in [-0.2, -0.15) is 0 Å². The van der Waals surface area contributed by atoms with Gasteiger partial charge in [-0.3, -0.25) is 9.52 Å². The molecule has 0 saturated heterocycles. The van der Waals surface area contributed by atoms with Crippen molar-refractivity contribution in [1.82, 2.24) is 5.32 Å². The topological polar surface area (TPSA) is 105 Å². The predicted octanol–water partition coefficient (Wildman–Crippen LogP) is 2.76. The smallest absolute Gasteiger partial charge is 0.258 e. The molecule has 28 heavy (non-hydrogen) atoms. The Bertz CT molecular complexity index is 932. The molecule has 0 aliphatic carbocycles. The Kier molecular flexibility index (Phi) is 6.56. The number of phenolic OH excluding ortho intramolecular Hbond substituents is 1. The van der Waals surface area contributed by atoms with Crippen molar-refractivity contribution in [2.24, 2.45) is 0 Å². The molecule has 7 nitrogen and oxygen atoms in total. The Morgan fingerprint density at radius 1 is 1.11 bits per heavy atom. The van der Waals surface area contributed by atoms with E-state index in [1.165, 1.54) is 17.7 Å². The highest BCUT2D eigenvalue weighted by atomic mass is 32.2. The third-order valence-electron chi connectivity index (χ3n) is 3.94. The van der Waals surface area contributed by atoms with Gasteiger partial charge in [0.05, 0.1) is 11.9 Å². The van der Waals surface area contributed by atoms with Crippen molar-refractivity contribution in [2.45, 2.75) is 32.7 Å². The summed E-state index contributed by atoms with van der Waals surface area (Å²) in [5.41, 5.74) is 1.94. The highest BCUT2D eigenvalue weighted by Gasteiger charge is 2.13. The number of sulfonamides is 1. The molecule has 3 N–H and O–H groups in total. The highest BCUT2D eigenvalue weighted by Crippen LogP contribution is 2.25. The number of anilines is 1. The fraction of sp³-hybridized carbons (Fsp3) is 0.350. The van der Waals surface area contributed by atoms with E-state index in [-0.39, 0.29) is 35.9 Å². The zero-order chi connectivity index (χ0) is 20.9. The molecule has 0 unspecified atom stereocenters. The predicted molar refractivity (Wildman–Crippen MR) is 109 cm³/mol. The molecule has 0 radical (unpaired) electrons. The summed E-state index contributed by atoms with van der Waals surface area (Å²) >= 11 is 0. The molecular formula is C20H26N2O5S. The lowest BCUT2D eigenvalue weighted by molar-refractivity contribution is -0.123. The van der Waals surface area contributed by atoms with Crippen molar-refractivity contribution in [2.75, 3.05) is 17.6 Å². The summed E-state index contributed by atoms with van der Waals surface area (Å²) in [6.07, 6.45) is 0.997. The average molecular weight is 407 g/mol. The van der Waals surface area contributed by atoms with Gasteiger partial charge >= 0.3 is 0 Å². The van der Waals surface area contributed by atoms with Gasteiger partial charge in [-0.1, -0.05) is 39.0 Å². The van der Waals surface area contributed by atoms with Gasteiger partial charge in [-0.15, -0.1) is 0 Å². The standard InChI is InChI=1S/C20H26N2O5S/c1-20(2,3)15-6-8-16(9-7-15)27-13-19(24)21-12-14-5-10-17(18(23)11-14)22-28(4,25)26/h5-11,22-23H,12-13H2,1-4H3,(H,21,24). The van der Waals surface area contributed by atoms with Crippen LogP contribution in [-0.4, -0.2) is 32.3 Å². The Balaban J connectivity index is 1.85. The lowest BCUT2D eigenvalue weighted by Gasteiger charge is -2.19. The number of nitrogens with one attached hydrogen (secondary N) is 2. The van der Waals surface area contributed by atoms with Crippen LogP contribution in [0.5, 0.6) is 11.5 Å². The van der Waals surface area contributed by atoms with Crippen molar-refractivity contribution >= 4 is 21.6 Å². The lowest BCUT2D eigenvalue weighted by Crippen LogP contribution is -2.28. The molecule has 0 aliphatic heterocycles. The normalized spacial score (nSPS) is 11.7. The van der Waals surface area contributed by atoms with Crippen LogP contribution < -0.4 is 14.8 Å². The minimum atomic E-state index is -3.48. The van der Waals surface area contributed by atoms with Gasteiger partial charge in [0.1, 0.15) is 11.5 Å². The molecular weight excluding hydrogens is 380 g/mol. The SMILES string of the molecule is CC(C)(C)c1ccc(OCC(=O)NCc2ccc(NS(C)(=O)=O)c(O)c2)cc1. The van der Waals surface area contributed by atoms with Crippen molar-refractivity contribution in [3.05, 3.63) is 53.6 Å². The molecule has 8 heteroatoms. The molecule has 0 aliphatic rings. The number of benzene rings is 2. The highest BCUT2D eigenvalue weighted by molar-refractivity contribution is 7.92. The number of carbonyl (C=O) groups excluding carboxylic acids is 1. The van der Waals surface area contributed by atoms with Crippen molar-refractivity contribution < 1.29 is 23.1 Å². The Labute approximate surface area is 165 Å². The maximum Gasteiger partial charge on any atom is 0.258 e. The monoisotopic (exact) mass is 406 g/mol. The second-order valence-electron chi connectivity index (χ2n) is 7.57. The molecule has 2 aromatic carbocycles. The summed E-state index contributed by atoms with van der Waals surface area (Å²) < 4.78 is 30.1. The summed E-state index contributed by atoms with van der Waals surface area (Å²) in [6, 6.07) is 12.0. The van der Waals surface area contributed by atoms with E-state index in [4.69, 9.17) is 4.74 Å². The van der Waals surface area contributed by atoms with Gasteiger partial charge in [-0.25, -0.2) is 8.42 Å². The number of aromatic hydroxyl groups is 1. The number of amides is 1. The summed E-state index contributed by atoms with van der Waals surface area (Å²) in [4.78, 5) is 12.0. The fourth-order valence-corrected chi connectivity index (χ4v) is 3.00. The maximum absolute atomic E-state index is 12.0. The summed E-state index contributed by atoms with van der Waals surface area (Å²) in [5.74, 6) is 0.0853. The zero-order valence-electron chi connectivity index (χ0n) is 16.4. The maximum atomic E-state index is 12.0. The number of hydrogen-bond donors (Lipinski definition) is 3. The Hall–Kier alpha value is -2.74. The van der Waals surface area contributed by atoms with Crippen LogP contribution in [0.3, 0.4) is 0 Å². The van der Waals surface area contributed by atoms with E-state index in [9.17, 15) is 18.3 Å². The molecule has 2 rings (SSSR count). The zero-order valence-corrected chi connectivity index (χ0v) is 17.3. The van der Waals surface area contributed by atoms with Crippen LogP contribution >= 0.6 is 0 Å². The van der Waals surface area contributed by atoms with Crippen LogP contribution in [0, 0.1) is 0 Å². The quantitative estimate of drug-likeness (QED) is 0.613. The van der Waals surface area contributed by atoms with Crippen LogP contribution in [0.2, 0.25) is 0 Å². The van der Waals surface area contributed by atoms with Crippen LogP contribution in [0.4, 0.5) is 5.69 Å². The van der Waals surface area contributed by atoms with E-state index >= 15 is 0 Å². The molecule has 2 aromatic rings. The largest absolute Gasteiger partial charge is 0.506 e. The van der Waals surface area contributed by atoms with E-state index in [1.807, 2.05) is 24.3 Å². The molecule has 152 valence electrons. The van der Waals surface area contributed by atoms with E-state index in [0.717, 1.165) is 6.26 Å². The first-order valence-electron chi connectivity index (χ1n) is 8.74. The third kappa shape index (κ3) is 6.77. The van der Waals surface area contributed by atoms with Gasteiger partial charge < -0.3 is 15.2 Å². The second-order valence-corrected chi connectivity index (χ2v) is 9.31. The minimum Gasteiger partial charge on any atom is -0.506 e. The number of phenols is 1. The first kappa shape index (κ1) is 21.6. The molecule has 0 spiro atoms. The van der Waals surface area contributed by atoms with Crippen molar-refractivity contribution in [3.8, 4) is 11.5 Å². The molecule has 0 fully saturated rings. The van der Waals surface area contributed by atoms with Crippen LogP contribution in [0.25, 0.3) is 0 Å². The minimum absolute atomic E-state index is 0.0495. The number of carbonyl (C=O) groups is 1. The van der Waals surface area contributed by atoms with Gasteiger partial charge in [0.2, 0.25) is 10.0 Å². The molecule has 0 atom stereocenters. The average Bonchev–Trinajstić information content (AvgIpc) is 2.59. The second kappa shape index (κ2) is 8.52. The molecule has 0 aromatic heterocycles. The molecule has 0 bridgehead atoms. The molecule has 1 amide bonds. The number of rotatable bonds is 7. The van der Waals surface area contributed by atoms with E-state index in [1.54, 1.807) is 6.07 Å². The van der Waals surface area contributed by atoms with Gasteiger partial charge in [0, 0.05) is 6.54 Å². The summed E-state index contributed by atoms with van der Waals surface area (Å²) in [6.45, 7) is 6.42. The van der Waals surface area contributed by atoms with Crippen molar-refractivity contribution in [3.63, 3.8) is 0 Å². The van der Waals surface area contributed by atoms with E-state index < -0.39 is 10.0 Å². The van der Waals surface area contributed by atoms with Gasteiger partial charge in [0.25, 0.3) is 5.91 Å². The van der Waals surface area contributed by atoms with Crippen LogP contribution in [0.15, 0.2) is 42.5 Å².